The molecule has 0 bridgehead atoms. The molecule has 170 valence electrons. The van der Waals surface area contributed by atoms with Gasteiger partial charge in [-0.1, -0.05) is 6.07 Å². The maximum Gasteiger partial charge on any atom is 0.418 e. The van der Waals surface area contributed by atoms with Crippen LogP contribution in [0, 0.1) is 11.6 Å². The Morgan fingerprint density at radius 3 is 2.48 bits per heavy atom. The number of halogens is 5. The molecule has 0 radical (unpaired) electrons. The van der Waals surface area contributed by atoms with Crippen LogP contribution in [0.5, 0.6) is 11.5 Å². The molecule has 7 nitrogen and oxygen atoms in total. The zero-order valence-electron chi connectivity index (χ0n) is 16.5. The highest BCUT2D eigenvalue weighted by Crippen LogP contribution is 2.40. The first-order chi connectivity index (χ1) is 15.7. The van der Waals surface area contributed by atoms with Crippen molar-refractivity contribution in [1.29, 1.82) is 0 Å². The van der Waals surface area contributed by atoms with E-state index in [-0.39, 0.29) is 17.9 Å². The quantitative estimate of drug-likeness (QED) is 0.347. The number of amides is 2. The molecular formula is C21H14F5N5O2. The summed E-state index contributed by atoms with van der Waals surface area (Å²) >= 11 is 0. The first kappa shape index (κ1) is 22.0. The van der Waals surface area contributed by atoms with Gasteiger partial charge in [-0.3, -0.25) is 4.98 Å². The summed E-state index contributed by atoms with van der Waals surface area (Å²) < 4.78 is 74.1. The number of fused-ring (bicyclic) bond motifs is 1. The molecule has 12 heteroatoms. The van der Waals surface area contributed by atoms with E-state index in [1.807, 2.05) is 0 Å². The normalized spacial score (nSPS) is 11.4. The van der Waals surface area contributed by atoms with Crippen molar-refractivity contribution in [1.82, 2.24) is 20.3 Å². The molecule has 0 aliphatic heterocycles. The molecule has 0 atom stereocenters. The Hall–Kier alpha value is -4.22. The summed E-state index contributed by atoms with van der Waals surface area (Å²) in [6, 6.07) is 6.98. The molecule has 4 rings (SSSR count). The fourth-order valence-electron chi connectivity index (χ4n) is 3.02. The van der Waals surface area contributed by atoms with Gasteiger partial charge in [0.1, 0.15) is 11.4 Å². The number of benzene rings is 1. The van der Waals surface area contributed by atoms with Gasteiger partial charge in [0, 0.05) is 36.4 Å². The smallest absolute Gasteiger partial charge is 0.418 e. The van der Waals surface area contributed by atoms with Gasteiger partial charge >= 0.3 is 12.2 Å². The van der Waals surface area contributed by atoms with Crippen LogP contribution in [0.25, 0.3) is 11.0 Å². The van der Waals surface area contributed by atoms with Crippen LogP contribution in [0.2, 0.25) is 0 Å². The maximum atomic E-state index is 14.6. The van der Waals surface area contributed by atoms with Crippen molar-refractivity contribution in [2.45, 2.75) is 12.7 Å². The lowest BCUT2D eigenvalue weighted by molar-refractivity contribution is -0.136. The van der Waals surface area contributed by atoms with Crippen molar-refractivity contribution in [2.75, 3.05) is 5.32 Å². The van der Waals surface area contributed by atoms with Gasteiger partial charge < -0.3 is 20.4 Å². The Labute approximate surface area is 182 Å². The maximum absolute atomic E-state index is 14.6. The number of hydrogen-bond donors (Lipinski definition) is 3. The Kier molecular flexibility index (Phi) is 5.82. The number of pyridine rings is 2. The molecule has 0 saturated heterocycles. The van der Waals surface area contributed by atoms with E-state index in [1.54, 1.807) is 24.4 Å². The molecular weight excluding hydrogens is 449 g/mol. The van der Waals surface area contributed by atoms with Crippen LogP contribution in [0.1, 0.15) is 11.3 Å². The van der Waals surface area contributed by atoms with Crippen LogP contribution >= 0.6 is 0 Å². The highest BCUT2D eigenvalue weighted by molar-refractivity contribution is 5.89. The minimum absolute atomic E-state index is 0.0784. The number of ether oxygens (including phenoxy) is 1. The molecule has 4 aromatic rings. The summed E-state index contributed by atoms with van der Waals surface area (Å²) in [5.41, 5.74) is -0.915. The van der Waals surface area contributed by atoms with Crippen LogP contribution in [-0.2, 0) is 12.7 Å². The zero-order valence-corrected chi connectivity index (χ0v) is 16.5. The van der Waals surface area contributed by atoms with Crippen molar-refractivity contribution in [2.24, 2.45) is 0 Å². The topological polar surface area (TPSA) is 91.9 Å². The Morgan fingerprint density at radius 1 is 1.06 bits per heavy atom. The molecule has 1 aromatic carbocycles. The number of carbonyl (C=O) groups is 1. The molecule has 2 amide bonds. The second-order valence-electron chi connectivity index (χ2n) is 6.73. The molecule has 0 saturated carbocycles. The highest BCUT2D eigenvalue weighted by atomic mass is 19.4. The fourth-order valence-corrected chi connectivity index (χ4v) is 3.02. The van der Waals surface area contributed by atoms with E-state index < -0.39 is 46.3 Å². The van der Waals surface area contributed by atoms with E-state index in [4.69, 9.17) is 4.74 Å². The Morgan fingerprint density at radius 2 is 1.82 bits per heavy atom. The molecule has 0 aliphatic rings. The Bertz CT molecular complexity index is 1280. The second-order valence-corrected chi connectivity index (χ2v) is 6.73. The SMILES string of the molecule is O=C(NCc1ccccn1)Nc1cc(F)c(Oc2ccnc3[nH]cc(C(F)(F)F)c23)c(F)c1. The molecule has 0 unspecified atom stereocenters. The summed E-state index contributed by atoms with van der Waals surface area (Å²) in [6.07, 6.45) is -1.38. The van der Waals surface area contributed by atoms with Crippen molar-refractivity contribution < 1.29 is 31.5 Å². The van der Waals surface area contributed by atoms with E-state index in [1.165, 1.54) is 0 Å². The zero-order chi connectivity index (χ0) is 23.6. The summed E-state index contributed by atoms with van der Waals surface area (Å²) in [4.78, 5) is 22.1. The van der Waals surface area contributed by atoms with Gasteiger partial charge in [-0.2, -0.15) is 13.2 Å². The van der Waals surface area contributed by atoms with Crippen molar-refractivity contribution >= 4 is 22.8 Å². The summed E-state index contributed by atoms with van der Waals surface area (Å²) in [5.74, 6) is -3.84. The number of nitrogens with one attached hydrogen (secondary N) is 3. The largest absolute Gasteiger partial charge is 0.450 e. The lowest BCUT2D eigenvalue weighted by atomic mass is 10.2. The first-order valence-electron chi connectivity index (χ1n) is 9.37. The standard InChI is InChI=1S/C21H14F5N5O2/c22-14-7-12(31-20(32)30-9-11-3-1-2-5-27-11)8-15(23)18(14)33-16-4-6-28-19-17(16)13(10-29-19)21(24,25)26/h1-8,10H,9H2,(H,28,29)(H2,30,31,32). The van der Waals surface area contributed by atoms with E-state index in [0.717, 1.165) is 24.4 Å². The second kappa shape index (κ2) is 8.73. The predicted octanol–water partition coefficient (Wildman–Crippen LogP) is 5.37. The van der Waals surface area contributed by atoms with Crippen LogP contribution in [0.4, 0.5) is 32.4 Å². The van der Waals surface area contributed by atoms with Gasteiger partial charge in [0.25, 0.3) is 0 Å². The summed E-state index contributed by atoms with van der Waals surface area (Å²) in [7, 11) is 0. The number of rotatable bonds is 5. The molecule has 33 heavy (non-hydrogen) atoms. The van der Waals surface area contributed by atoms with Crippen molar-refractivity contribution in [3.8, 4) is 11.5 Å². The van der Waals surface area contributed by atoms with Crippen LogP contribution in [0.15, 0.2) is 55.0 Å². The lowest BCUT2D eigenvalue weighted by Gasteiger charge is -2.13. The average molecular weight is 463 g/mol. The number of carbonyl (C=O) groups excluding carboxylic acids is 1. The fraction of sp³-hybridized carbons (Fsp3) is 0.0952. The van der Waals surface area contributed by atoms with E-state index in [9.17, 15) is 26.7 Å². The number of anilines is 1. The van der Waals surface area contributed by atoms with Gasteiger partial charge in [-0.15, -0.1) is 0 Å². The van der Waals surface area contributed by atoms with Crippen molar-refractivity contribution in [3.05, 3.63) is 77.9 Å². The number of nitrogens with zero attached hydrogens (tertiary/aromatic N) is 2. The molecule has 3 aromatic heterocycles. The summed E-state index contributed by atoms with van der Waals surface area (Å²) in [6.45, 7) is 0.0784. The third-order valence-corrected chi connectivity index (χ3v) is 4.47. The molecule has 3 N–H and O–H groups in total. The van der Waals surface area contributed by atoms with Crippen LogP contribution in [-0.4, -0.2) is 21.0 Å². The number of hydrogen-bond acceptors (Lipinski definition) is 4. The minimum atomic E-state index is -4.74. The van der Waals surface area contributed by atoms with Crippen LogP contribution < -0.4 is 15.4 Å². The number of aromatic nitrogens is 3. The molecule has 0 spiro atoms. The monoisotopic (exact) mass is 463 g/mol. The number of H-pyrrole nitrogens is 1. The van der Waals surface area contributed by atoms with E-state index in [0.29, 0.717) is 11.9 Å². The molecule has 0 aliphatic carbocycles. The minimum Gasteiger partial charge on any atom is -0.450 e. The van der Waals surface area contributed by atoms with Crippen LogP contribution in [0.3, 0.4) is 0 Å². The van der Waals surface area contributed by atoms with Gasteiger partial charge in [0.15, 0.2) is 17.4 Å². The van der Waals surface area contributed by atoms with E-state index >= 15 is 0 Å². The van der Waals surface area contributed by atoms with Crippen molar-refractivity contribution in [3.63, 3.8) is 0 Å². The number of urea groups is 1. The average Bonchev–Trinajstić information content (AvgIpc) is 3.21. The predicted molar refractivity (Wildman–Crippen MR) is 108 cm³/mol. The van der Waals surface area contributed by atoms with Gasteiger partial charge in [-0.05, 0) is 18.2 Å². The Balaban J connectivity index is 1.54. The third kappa shape index (κ3) is 4.84. The third-order valence-electron chi connectivity index (χ3n) is 4.47. The number of aromatic amines is 1. The highest BCUT2D eigenvalue weighted by Gasteiger charge is 2.35. The van der Waals surface area contributed by atoms with E-state index in [2.05, 4.69) is 25.6 Å². The molecule has 0 fully saturated rings. The van der Waals surface area contributed by atoms with Gasteiger partial charge in [-0.25, -0.2) is 18.6 Å². The first-order valence-corrected chi connectivity index (χ1v) is 9.37. The number of alkyl halides is 3. The van der Waals surface area contributed by atoms with Gasteiger partial charge in [0.05, 0.1) is 23.2 Å². The van der Waals surface area contributed by atoms with Gasteiger partial charge in [0.2, 0.25) is 0 Å². The lowest BCUT2D eigenvalue weighted by Crippen LogP contribution is -2.28. The summed E-state index contributed by atoms with van der Waals surface area (Å²) in [5, 5.41) is 4.26. The molecule has 3 heterocycles.